The van der Waals surface area contributed by atoms with E-state index in [1.165, 1.54) is 6.21 Å². The second-order valence-electron chi connectivity index (χ2n) is 4.72. The van der Waals surface area contributed by atoms with Crippen molar-refractivity contribution in [3.63, 3.8) is 0 Å². The van der Waals surface area contributed by atoms with Crippen molar-refractivity contribution >= 4 is 17.8 Å². The number of hydrogen-bond donors (Lipinski definition) is 2. The van der Waals surface area contributed by atoms with Gasteiger partial charge in [-0.15, -0.1) is 0 Å². The van der Waals surface area contributed by atoms with Gasteiger partial charge >= 0.3 is 0 Å². The second-order valence-corrected chi connectivity index (χ2v) is 4.72. The van der Waals surface area contributed by atoms with E-state index in [2.05, 4.69) is 20.8 Å². The molecule has 21 heavy (non-hydrogen) atoms. The SMILES string of the molecule is Cc1cccc(NC(C)C(=O)N/N=C/c2ccccn2)c1. The highest BCUT2D eigenvalue weighted by Gasteiger charge is 2.11. The first-order valence-electron chi connectivity index (χ1n) is 6.72. The molecule has 0 fully saturated rings. The third-order valence-corrected chi connectivity index (χ3v) is 2.85. The molecule has 1 aromatic heterocycles. The van der Waals surface area contributed by atoms with Gasteiger partial charge in [0.05, 0.1) is 11.9 Å². The Bertz CT molecular complexity index is 625. The third-order valence-electron chi connectivity index (χ3n) is 2.85. The van der Waals surface area contributed by atoms with E-state index in [4.69, 9.17) is 0 Å². The van der Waals surface area contributed by atoms with Crippen molar-refractivity contribution < 1.29 is 4.79 Å². The largest absolute Gasteiger partial charge is 0.374 e. The summed E-state index contributed by atoms with van der Waals surface area (Å²) in [6.45, 7) is 3.79. The number of pyridine rings is 1. The summed E-state index contributed by atoms with van der Waals surface area (Å²) in [4.78, 5) is 16.0. The molecule has 1 unspecified atom stereocenters. The Kier molecular flexibility index (Phi) is 5.04. The van der Waals surface area contributed by atoms with Gasteiger partial charge in [-0.1, -0.05) is 18.2 Å². The molecule has 5 heteroatoms. The maximum absolute atomic E-state index is 11.9. The summed E-state index contributed by atoms with van der Waals surface area (Å²) in [6, 6.07) is 13.0. The van der Waals surface area contributed by atoms with E-state index in [9.17, 15) is 4.79 Å². The van der Waals surface area contributed by atoms with Gasteiger partial charge in [-0.2, -0.15) is 5.10 Å². The molecule has 1 aromatic carbocycles. The molecule has 2 aromatic rings. The predicted octanol–water partition coefficient (Wildman–Crippen LogP) is 2.34. The fourth-order valence-electron chi connectivity index (χ4n) is 1.76. The van der Waals surface area contributed by atoms with Gasteiger partial charge in [0.15, 0.2) is 0 Å². The number of amides is 1. The van der Waals surface area contributed by atoms with Crippen molar-refractivity contribution in [2.75, 3.05) is 5.32 Å². The highest BCUT2D eigenvalue weighted by Crippen LogP contribution is 2.10. The number of hydrogen-bond acceptors (Lipinski definition) is 4. The fraction of sp³-hybridized carbons (Fsp3) is 0.188. The van der Waals surface area contributed by atoms with Gasteiger partial charge in [-0.3, -0.25) is 9.78 Å². The van der Waals surface area contributed by atoms with E-state index >= 15 is 0 Å². The average Bonchev–Trinajstić information content (AvgIpc) is 2.48. The van der Waals surface area contributed by atoms with Gasteiger partial charge in [0.1, 0.15) is 6.04 Å². The zero-order valence-electron chi connectivity index (χ0n) is 12.1. The van der Waals surface area contributed by atoms with Crippen molar-refractivity contribution in [2.24, 2.45) is 5.10 Å². The molecule has 0 aliphatic heterocycles. The monoisotopic (exact) mass is 282 g/mol. The van der Waals surface area contributed by atoms with Crippen LogP contribution in [0.25, 0.3) is 0 Å². The molecule has 2 N–H and O–H groups in total. The minimum absolute atomic E-state index is 0.205. The zero-order valence-corrected chi connectivity index (χ0v) is 12.1. The van der Waals surface area contributed by atoms with Crippen LogP contribution in [-0.4, -0.2) is 23.1 Å². The number of carbonyl (C=O) groups is 1. The van der Waals surface area contributed by atoms with Crippen molar-refractivity contribution in [3.05, 3.63) is 59.9 Å². The van der Waals surface area contributed by atoms with Crippen LogP contribution in [0.4, 0.5) is 5.69 Å². The molecule has 5 nitrogen and oxygen atoms in total. The van der Waals surface area contributed by atoms with Crippen LogP contribution in [0.15, 0.2) is 53.8 Å². The Morgan fingerprint density at radius 1 is 1.29 bits per heavy atom. The van der Waals surface area contributed by atoms with E-state index in [1.807, 2.05) is 49.4 Å². The van der Waals surface area contributed by atoms with Crippen LogP contribution >= 0.6 is 0 Å². The molecule has 108 valence electrons. The van der Waals surface area contributed by atoms with Gasteiger partial charge in [0.25, 0.3) is 5.91 Å². The van der Waals surface area contributed by atoms with Crippen LogP contribution < -0.4 is 10.7 Å². The summed E-state index contributed by atoms with van der Waals surface area (Å²) in [7, 11) is 0. The van der Waals surface area contributed by atoms with E-state index in [-0.39, 0.29) is 11.9 Å². The lowest BCUT2D eigenvalue weighted by Crippen LogP contribution is -2.34. The quantitative estimate of drug-likeness (QED) is 0.653. The van der Waals surface area contributed by atoms with Crippen LogP contribution in [0.1, 0.15) is 18.2 Å². The number of hydrazone groups is 1. The van der Waals surface area contributed by atoms with E-state index in [1.54, 1.807) is 13.1 Å². The van der Waals surface area contributed by atoms with Crippen molar-refractivity contribution in [2.45, 2.75) is 19.9 Å². The Hall–Kier alpha value is -2.69. The predicted molar refractivity (Wildman–Crippen MR) is 84.2 cm³/mol. The van der Waals surface area contributed by atoms with Crippen LogP contribution in [-0.2, 0) is 4.79 Å². The maximum atomic E-state index is 11.9. The number of rotatable bonds is 5. The lowest BCUT2D eigenvalue weighted by atomic mass is 10.2. The molecule has 1 atom stereocenters. The number of anilines is 1. The molecular formula is C16H18N4O. The van der Waals surface area contributed by atoms with Crippen LogP contribution in [0.3, 0.4) is 0 Å². The van der Waals surface area contributed by atoms with Gasteiger partial charge in [0, 0.05) is 11.9 Å². The third kappa shape index (κ3) is 4.72. The van der Waals surface area contributed by atoms with Crippen LogP contribution in [0.2, 0.25) is 0 Å². The van der Waals surface area contributed by atoms with E-state index < -0.39 is 0 Å². The summed E-state index contributed by atoms with van der Waals surface area (Å²) in [5.74, 6) is -0.205. The summed E-state index contributed by atoms with van der Waals surface area (Å²) in [5.41, 5.74) is 5.23. The summed E-state index contributed by atoms with van der Waals surface area (Å²) in [6.07, 6.45) is 3.18. The first kappa shape index (κ1) is 14.7. The van der Waals surface area contributed by atoms with Crippen molar-refractivity contribution in [1.82, 2.24) is 10.4 Å². The van der Waals surface area contributed by atoms with Crippen LogP contribution in [0.5, 0.6) is 0 Å². The fourth-order valence-corrected chi connectivity index (χ4v) is 1.76. The van der Waals surface area contributed by atoms with Crippen molar-refractivity contribution in [1.29, 1.82) is 0 Å². The molecule has 0 aliphatic carbocycles. The lowest BCUT2D eigenvalue weighted by Gasteiger charge is -2.13. The molecule has 1 heterocycles. The minimum Gasteiger partial charge on any atom is -0.374 e. The molecule has 0 bridgehead atoms. The Morgan fingerprint density at radius 3 is 2.86 bits per heavy atom. The molecule has 0 spiro atoms. The molecule has 0 radical (unpaired) electrons. The summed E-state index contributed by atoms with van der Waals surface area (Å²) in [5, 5.41) is 7.02. The molecule has 1 amide bonds. The van der Waals surface area contributed by atoms with Crippen molar-refractivity contribution in [3.8, 4) is 0 Å². The Labute approximate surface area is 124 Å². The Morgan fingerprint density at radius 2 is 2.14 bits per heavy atom. The number of nitrogens with zero attached hydrogens (tertiary/aromatic N) is 2. The Balaban J connectivity index is 1.87. The lowest BCUT2D eigenvalue weighted by molar-refractivity contribution is -0.121. The molecule has 0 saturated heterocycles. The maximum Gasteiger partial charge on any atom is 0.262 e. The van der Waals surface area contributed by atoms with E-state index in [0.29, 0.717) is 5.69 Å². The second kappa shape index (κ2) is 7.19. The molecule has 0 aliphatic rings. The molecule has 2 rings (SSSR count). The smallest absolute Gasteiger partial charge is 0.262 e. The standard InChI is InChI=1S/C16H18N4O/c1-12-6-5-8-14(10-12)19-13(2)16(21)20-18-11-15-7-3-4-9-17-15/h3-11,13,19H,1-2H3,(H,20,21)/b18-11+. The number of aromatic nitrogens is 1. The summed E-state index contributed by atoms with van der Waals surface area (Å²) < 4.78 is 0. The van der Waals surface area contributed by atoms with Gasteiger partial charge in [-0.05, 0) is 43.7 Å². The van der Waals surface area contributed by atoms with Gasteiger partial charge in [-0.25, -0.2) is 5.43 Å². The first-order chi connectivity index (χ1) is 10.1. The highest BCUT2D eigenvalue weighted by atomic mass is 16.2. The number of aryl methyl sites for hydroxylation is 1. The summed E-state index contributed by atoms with van der Waals surface area (Å²) >= 11 is 0. The molecule has 0 saturated carbocycles. The normalized spacial score (nSPS) is 12.1. The number of benzene rings is 1. The molecular weight excluding hydrogens is 264 g/mol. The first-order valence-corrected chi connectivity index (χ1v) is 6.72. The average molecular weight is 282 g/mol. The van der Waals surface area contributed by atoms with E-state index in [0.717, 1.165) is 11.3 Å². The minimum atomic E-state index is -0.382. The van der Waals surface area contributed by atoms with Gasteiger partial charge in [0.2, 0.25) is 0 Å². The topological polar surface area (TPSA) is 66.4 Å². The van der Waals surface area contributed by atoms with Crippen LogP contribution in [0, 0.1) is 6.92 Å². The zero-order chi connectivity index (χ0) is 15.1. The number of carbonyl (C=O) groups excluding carboxylic acids is 1. The number of nitrogens with one attached hydrogen (secondary N) is 2. The van der Waals surface area contributed by atoms with Gasteiger partial charge < -0.3 is 5.32 Å². The highest BCUT2D eigenvalue weighted by molar-refractivity contribution is 5.85.